The van der Waals surface area contributed by atoms with Crippen molar-refractivity contribution >= 4 is 18.1 Å². The average Bonchev–Trinajstić information content (AvgIpc) is 3.35. The zero-order chi connectivity index (χ0) is 23.6. The number of nitrogens with one attached hydrogen (secondary N) is 2. The van der Waals surface area contributed by atoms with E-state index in [1.165, 1.54) is 11.9 Å². The Bertz CT molecular complexity index is 902. The van der Waals surface area contributed by atoms with Crippen LogP contribution in [0, 0.1) is 5.92 Å². The minimum atomic E-state index is -2.50. The smallest absolute Gasteiger partial charge is 0.255 e. The Balaban J connectivity index is 1.34. The molecule has 9 heteroatoms. The van der Waals surface area contributed by atoms with Crippen LogP contribution in [0.25, 0.3) is 0 Å². The number of carbonyl (C=O) groups excluding carboxylic acids is 3. The molecular weight excluding hydrogens is 432 g/mol. The van der Waals surface area contributed by atoms with Crippen LogP contribution in [-0.2, 0) is 16.1 Å². The van der Waals surface area contributed by atoms with Crippen LogP contribution >= 0.6 is 0 Å². The van der Waals surface area contributed by atoms with Gasteiger partial charge in [-0.25, -0.2) is 8.78 Å². The SMILES string of the molecule is CNC(=O)CCC(C=O)N1Cc2cc(OC3CCCC3NCC3CC(F)(F)C3)ccc2C1=O. The number of halogens is 2. The summed E-state index contributed by atoms with van der Waals surface area (Å²) in [5.74, 6) is -2.22. The van der Waals surface area contributed by atoms with Gasteiger partial charge in [-0.3, -0.25) is 9.59 Å². The minimum absolute atomic E-state index is 0.0207. The van der Waals surface area contributed by atoms with Gasteiger partial charge in [0.05, 0.1) is 6.04 Å². The molecule has 3 aliphatic rings. The maximum absolute atomic E-state index is 13.1. The second-order valence-electron chi connectivity index (χ2n) is 9.40. The maximum atomic E-state index is 13.1. The van der Waals surface area contributed by atoms with Crippen molar-refractivity contribution in [3.8, 4) is 5.75 Å². The van der Waals surface area contributed by atoms with E-state index < -0.39 is 12.0 Å². The summed E-state index contributed by atoms with van der Waals surface area (Å²) in [6, 6.07) is 4.79. The van der Waals surface area contributed by atoms with Gasteiger partial charge in [0.15, 0.2) is 0 Å². The van der Waals surface area contributed by atoms with Gasteiger partial charge in [-0.2, -0.15) is 0 Å². The Morgan fingerprint density at radius 2 is 2.12 bits per heavy atom. The molecule has 2 amide bonds. The molecule has 2 saturated carbocycles. The van der Waals surface area contributed by atoms with Crippen molar-refractivity contribution in [1.29, 1.82) is 0 Å². The Labute approximate surface area is 192 Å². The van der Waals surface area contributed by atoms with Crippen LogP contribution in [0.2, 0.25) is 0 Å². The number of carbonyl (C=O) groups is 3. The van der Waals surface area contributed by atoms with Crippen LogP contribution < -0.4 is 15.4 Å². The molecule has 0 aromatic heterocycles. The summed E-state index contributed by atoms with van der Waals surface area (Å²) in [6.45, 7) is 0.877. The van der Waals surface area contributed by atoms with Crippen molar-refractivity contribution in [3.63, 3.8) is 0 Å². The molecule has 0 bridgehead atoms. The molecule has 0 saturated heterocycles. The lowest BCUT2D eigenvalue weighted by Gasteiger charge is -2.36. The molecule has 7 nitrogen and oxygen atoms in total. The van der Waals surface area contributed by atoms with Crippen LogP contribution in [0.3, 0.4) is 0 Å². The molecule has 2 aliphatic carbocycles. The molecule has 0 radical (unpaired) electrons. The third-order valence-corrected chi connectivity index (χ3v) is 7.00. The first kappa shape index (κ1) is 23.6. The van der Waals surface area contributed by atoms with E-state index in [4.69, 9.17) is 4.74 Å². The predicted octanol–water partition coefficient (Wildman–Crippen LogP) is 2.67. The number of hydrogen-bond donors (Lipinski definition) is 2. The third kappa shape index (κ3) is 5.34. The minimum Gasteiger partial charge on any atom is -0.489 e. The second-order valence-corrected chi connectivity index (χ2v) is 9.40. The molecule has 2 N–H and O–H groups in total. The quantitative estimate of drug-likeness (QED) is 0.521. The monoisotopic (exact) mass is 463 g/mol. The van der Waals surface area contributed by atoms with Crippen LogP contribution in [0.15, 0.2) is 18.2 Å². The first-order valence-electron chi connectivity index (χ1n) is 11.7. The summed E-state index contributed by atoms with van der Waals surface area (Å²) >= 11 is 0. The first-order chi connectivity index (χ1) is 15.8. The Morgan fingerprint density at radius 1 is 1.33 bits per heavy atom. The van der Waals surface area contributed by atoms with E-state index in [-0.39, 0.29) is 55.6 Å². The lowest BCUT2D eigenvalue weighted by molar-refractivity contribution is -0.121. The predicted molar refractivity (Wildman–Crippen MR) is 117 cm³/mol. The van der Waals surface area contributed by atoms with Gasteiger partial charge in [0, 0.05) is 44.5 Å². The Kier molecular flexibility index (Phi) is 6.97. The van der Waals surface area contributed by atoms with Crippen molar-refractivity contribution in [1.82, 2.24) is 15.5 Å². The summed E-state index contributed by atoms with van der Waals surface area (Å²) in [6.07, 6.45) is 3.86. The zero-order valence-electron chi connectivity index (χ0n) is 18.8. The van der Waals surface area contributed by atoms with Gasteiger partial charge >= 0.3 is 0 Å². The Hall–Kier alpha value is -2.55. The molecule has 3 atom stereocenters. The number of benzene rings is 1. The van der Waals surface area contributed by atoms with E-state index in [1.807, 2.05) is 6.07 Å². The van der Waals surface area contributed by atoms with E-state index in [0.29, 0.717) is 24.4 Å². The molecule has 4 rings (SSSR count). The van der Waals surface area contributed by atoms with E-state index in [1.54, 1.807) is 12.1 Å². The highest BCUT2D eigenvalue weighted by Crippen LogP contribution is 2.42. The largest absolute Gasteiger partial charge is 0.489 e. The molecular formula is C24H31F2N3O4. The summed E-state index contributed by atoms with van der Waals surface area (Å²) in [5, 5.41) is 5.94. The summed E-state index contributed by atoms with van der Waals surface area (Å²) in [5.41, 5.74) is 1.34. The number of amides is 2. The van der Waals surface area contributed by atoms with Crippen molar-refractivity contribution in [3.05, 3.63) is 29.3 Å². The van der Waals surface area contributed by atoms with E-state index >= 15 is 0 Å². The average molecular weight is 464 g/mol. The van der Waals surface area contributed by atoms with Crippen LogP contribution in [0.5, 0.6) is 5.75 Å². The zero-order valence-corrected chi connectivity index (χ0v) is 18.8. The van der Waals surface area contributed by atoms with Crippen molar-refractivity contribution in [2.75, 3.05) is 13.6 Å². The normalized spacial score (nSPS) is 24.8. The van der Waals surface area contributed by atoms with Crippen LogP contribution in [0.1, 0.15) is 60.9 Å². The molecule has 3 unspecified atom stereocenters. The lowest BCUT2D eigenvalue weighted by Crippen LogP contribution is -2.46. The fraction of sp³-hybridized carbons (Fsp3) is 0.625. The van der Waals surface area contributed by atoms with E-state index in [2.05, 4.69) is 10.6 Å². The summed E-state index contributed by atoms with van der Waals surface area (Å²) in [4.78, 5) is 37.4. The van der Waals surface area contributed by atoms with Gasteiger partial charge < -0.3 is 25.1 Å². The fourth-order valence-electron chi connectivity index (χ4n) is 5.08. The van der Waals surface area contributed by atoms with Gasteiger partial charge in [-0.15, -0.1) is 0 Å². The molecule has 1 aromatic rings. The van der Waals surface area contributed by atoms with E-state index in [0.717, 1.165) is 31.1 Å². The Morgan fingerprint density at radius 3 is 2.82 bits per heavy atom. The van der Waals surface area contributed by atoms with Gasteiger partial charge in [-0.05, 0) is 61.9 Å². The number of ether oxygens (including phenoxy) is 1. The number of hydrogen-bond acceptors (Lipinski definition) is 5. The molecule has 1 aliphatic heterocycles. The van der Waals surface area contributed by atoms with Gasteiger partial charge in [0.25, 0.3) is 5.91 Å². The molecule has 1 heterocycles. The molecule has 180 valence electrons. The number of nitrogens with zero attached hydrogens (tertiary/aromatic N) is 1. The van der Waals surface area contributed by atoms with Crippen LogP contribution in [0.4, 0.5) is 8.78 Å². The molecule has 0 spiro atoms. The fourth-order valence-corrected chi connectivity index (χ4v) is 5.08. The number of rotatable bonds is 10. The summed E-state index contributed by atoms with van der Waals surface area (Å²) in [7, 11) is 1.53. The number of fused-ring (bicyclic) bond motifs is 1. The maximum Gasteiger partial charge on any atom is 0.255 e. The molecule has 1 aromatic carbocycles. The highest BCUT2D eigenvalue weighted by atomic mass is 19.3. The summed E-state index contributed by atoms with van der Waals surface area (Å²) < 4.78 is 32.4. The highest BCUT2D eigenvalue weighted by molar-refractivity contribution is 5.99. The number of alkyl halides is 2. The van der Waals surface area contributed by atoms with Crippen molar-refractivity contribution in [2.24, 2.45) is 5.92 Å². The van der Waals surface area contributed by atoms with E-state index in [9.17, 15) is 23.2 Å². The topological polar surface area (TPSA) is 87.7 Å². The highest BCUT2D eigenvalue weighted by Gasteiger charge is 2.45. The first-order valence-corrected chi connectivity index (χ1v) is 11.7. The van der Waals surface area contributed by atoms with Crippen LogP contribution in [-0.4, -0.2) is 60.7 Å². The molecule has 33 heavy (non-hydrogen) atoms. The van der Waals surface area contributed by atoms with Gasteiger partial charge in [-0.1, -0.05) is 0 Å². The lowest BCUT2D eigenvalue weighted by atomic mass is 9.81. The van der Waals surface area contributed by atoms with Gasteiger partial charge in [0.1, 0.15) is 18.1 Å². The standard InChI is InChI=1S/C24H31F2N3O4/c1-27-22(31)8-5-17(14-30)29-13-16-9-18(6-7-19(16)23(29)32)33-21-4-2-3-20(21)28-12-15-10-24(25,26)11-15/h6-7,9,14-15,17,20-21,28H,2-5,8,10-13H2,1H3,(H,27,31). The van der Waals surface area contributed by atoms with Crippen molar-refractivity contribution in [2.45, 2.75) is 75.6 Å². The second kappa shape index (κ2) is 9.75. The van der Waals surface area contributed by atoms with Crippen molar-refractivity contribution < 1.29 is 27.9 Å². The number of aldehydes is 1. The third-order valence-electron chi connectivity index (χ3n) is 7.00. The van der Waals surface area contributed by atoms with Gasteiger partial charge in [0.2, 0.25) is 11.8 Å². The molecule has 2 fully saturated rings.